The van der Waals surface area contributed by atoms with Crippen LogP contribution in [0.5, 0.6) is 0 Å². The Morgan fingerprint density at radius 3 is 2.53 bits per heavy atom. The number of hydrogen-bond donors (Lipinski definition) is 0. The Labute approximate surface area is 89.9 Å². The van der Waals surface area contributed by atoms with Crippen molar-refractivity contribution in [1.29, 1.82) is 0 Å². The average Bonchev–Trinajstić information content (AvgIpc) is 2.12. The molecule has 0 N–H and O–H groups in total. The van der Waals surface area contributed by atoms with Gasteiger partial charge in [-0.1, -0.05) is 23.7 Å². The van der Waals surface area contributed by atoms with Crippen LogP contribution in [0.4, 0.5) is 13.2 Å². The molecule has 0 radical (unpaired) electrons. The highest BCUT2D eigenvalue weighted by Crippen LogP contribution is 2.20. The van der Waals surface area contributed by atoms with Gasteiger partial charge in [0.1, 0.15) is 0 Å². The molecule has 0 aromatic heterocycles. The molecule has 1 aromatic rings. The fourth-order valence-electron chi connectivity index (χ4n) is 1.09. The third-order valence-corrected chi connectivity index (χ3v) is 2.08. The van der Waals surface area contributed by atoms with Crippen LogP contribution in [0, 0.1) is 0 Å². The van der Waals surface area contributed by atoms with Crippen molar-refractivity contribution >= 4 is 17.4 Å². The van der Waals surface area contributed by atoms with E-state index in [1.165, 1.54) is 0 Å². The first-order valence-corrected chi connectivity index (χ1v) is 4.62. The third-order valence-electron chi connectivity index (χ3n) is 1.85. The van der Waals surface area contributed by atoms with Crippen molar-refractivity contribution < 1.29 is 18.0 Å². The summed E-state index contributed by atoms with van der Waals surface area (Å²) in [4.78, 5) is 10.6. The molecule has 0 amide bonds. The molecule has 82 valence electrons. The molecular formula is C10H8ClF3O. The van der Waals surface area contributed by atoms with E-state index < -0.39 is 18.4 Å². The number of carbonyl (C=O) groups excluding carboxylic acids is 1. The molecule has 1 aromatic carbocycles. The largest absolute Gasteiger partial charge is 0.449 e. The molecule has 0 fully saturated rings. The van der Waals surface area contributed by atoms with Crippen LogP contribution in [0.3, 0.4) is 0 Å². The maximum absolute atomic E-state index is 11.9. The first kappa shape index (κ1) is 12.0. The summed E-state index contributed by atoms with van der Waals surface area (Å²) in [5, 5.41) is 0.451. The number of ketones is 1. The first-order valence-electron chi connectivity index (χ1n) is 4.24. The van der Waals surface area contributed by atoms with Crippen molar-refractivity contribution in [3.63, 3.8) is 0 Å². The van der Waals surface area contributed by atoms with Crippen molar-refractivity contribution in [2.45, 2.75) is 19.0 Å². The molecule has 0 saturated carbocycles. The molecule has 15 heavy (non-hydrogen) atoms. The van der Waals surface area contributed by atoms with Gasteiger partial charge in [-0.25, -0.2) is 0 Å². The van der Waals surface area contributed by atoms with E-state index in [-0.39, 0.29) is 6.42 Å². The zero-order chi connectivity index (χ0) is 11.5. The molecule has 0 heterocycles. The molecule has 0 bridgehead atoms. The molecule has 0 aliphatic heterocycles. The number of carbonyl (C=O) groups is 1. The van der Waals surface area contributed by atoms with Gasteiger partial charge in [0.15, 0.2) is 0 Å². The van der Waals surface area contributed by atoms with Crippen molar-refractivity contribution in [2.24, 2.45) is 0 Å². The summed E-state index contributed by atoms with van der Waals surface area (Å²) < 4.78 is 35.6. The highest BCUT2D eigenvalue weighted by Gasteiger charge is 2.37. The van der Waals surface area contributed by atoms with E-state index in [1.54, 1.807) is 24.3 Å². The minimum absolute atomic E-state index is 0.0545. The lowest BCUT2D eigenvalue weighted by Gasteiger charge is -2.04. The van der Waals surface area contributed by atoms with Gasteiger partial charge in [-0.15, -0.1) is 0 Å². The van der Waals surface area contributed by atoms with E-state index in [0.717, 1.165) is 0 Å². The Morgan fingerprint density at radius 1 is 1.33 bits per heavy atom. The Balaban J connectivity index is 2.55. The molecule has 0 atom stereocenters. The van der Waals surface area contributed by atoms with Crippen LogP contribution < -0.4 is 0 Å². The highest BCUT2D eigenvalue weighted by atomic mass is 35.5. The summed E-state index contributed by atoms with van der Waals surface area (Å²) in [5.41, 5.74) is 0.625. The lowest BCUT2D eigenvalue weighted by atomic mass is 10.1. The molecule has 1 rings (SSSR count). The van der Waals surface area contributed by atoms with Crippen LogP contribution in [-0.4, -0.2) is 12.0 Å². The van der Waals surface area contributed by atoms with Gasteiger partial charge in [0.25, 0.3) is 0 Å². The minimum Gasteiger partial charge on any atom is -0.290 e. The summed E-state index contributed by atoms with van der Waals surface area (Å²) >= 11 is 5.64. The van der Waals surface area contributed by atoms with Crippen molar-refractivity contribution in [2.75, 3.05) is 0 Å². The number of halogens is 4. The van der Waals surface area contributed by atoms with E-state index in [4.69, 9.17) is 11.6 Å². The highest BCUT2D eigenvalue weighted by molar-refractivity contribution is 6.30. The van der Waals surface area contributed by atoms with Crippen LogP contribution in [0.2, 0.25) is 5.02 Å². The maximum Gasteiger partial charge on any atom is 0.449 e. The third kappa shape index (κ3) is 3.91. The molecule has 5 heteroatoms. The summed E-state index contributed by atoms with van der Waals surface area (Å²) in [5.74, 6) is -1.71. The van der Waals surface area contributed by atoms with Crippen molar-refractivity contribution in [1.82, 2.24) is 0 Å². The number of benzene rings is 1. The van der Waals surface area contributed by atoms with Crippen LogP contribution >= 0.6 is 11.6 Å². The maximum atomic E-state index is 11.9. The second-order valence-electron chi connectivity index (χ2n) is 3.05. The lowest BCUT2D eigenvalue weighted by Crippen LogP contribution is -2.22. The van der Waals surface area contributed by atoms with Crippen LogP contribution in [-0.2, 0) is 11.2 Å². The predicted octanol–water partition coefficient (Wildman–Crippen LogP) is 3.40. The molecule has 0 unspecified atom stereocenters. The predicted molar refractivity (Wildman–Crippen MR) is 50.8 cm³/mol. The summed E-state index contributed by atoms with van der Waals surface area (Å²) in [7, 11) is 0. The first-order chi connectivity index (χ1) is 6.89. The van der Waals surface area contributed by atoms with Crippen LogP contribution in [0.1, 0.15) is 12.0 Å². The van der Waals surface area contributed by atoms with Crippen molar-refractivity contribution in [3.05, 3.63) is 34.9 Å². The molecular weight excluding hydrogens is 229 g/mol. The number of Topliss-reactive ketones (excluding diaryl/α,β-unsaturated/α-hetero) is 1. The van der Waals surface area contributed by atoms with E-state index in [0.29, 0.717) is 10.6 Å². The van der Waals surface area contributed by atoms with Gasteiger partial charge >= 0.3 is 6.18 Å². The summed E-state index contributed by atoms with van der Waals surface area (Å²) in [6.45, 7) is 0. The summed E-state index contributed by atoms with van der Waals surface area (Å²) in [6.07, 6.45) is -5.22. The molecule has 0 saturated heterocycles. The zero-order valence-electron chi connectivity index (χ0n) is 7.64. The zero-order valence-corrected chi connectivity index (χ0v) is 8.40. The number of hydrogen-bond acceptors (Lipinski definition) is 1. The van der Waals surface area contributed by atoms with Gasteiger partial charge in [0.05, 0.1) is 0 Å². The lowest BCUT2D eigenvalue weighted by molar-refractivity contribution is -0.171. The molecule has 1 nitrogen and oxygen atoms in total. The monoisotopic (exact) mass is 236 g/mol. The Bertz CT molecular complexity index is 360. The van der Waals surface area contributed by atoms with Gasteiger partial charge in [-0.05, 0) is 24.1 Å². The smallest absolute Gasteiger partial charge is 0.290 e. The number of rotatable bonds is 3. The number of alkyl halides is 3. The van der Waals surface area contributed by atoms with E-state index >= 15 is 0 Å². The van der Waals surface area contributed by atoms with Gasteiger partial charge in [-0.3, -0.25) is 4.79 Å². The van der Waals surface area contributed by atoms with Crippen LogP contribution in [0.15, 0.2) is 24.3 Å². The minimum atomic E-state index is -4.74. The topological polar surface area (TPSA) is 17.1 Å². The molecule has 0 aliphatic carbocycles. The van der Waals surface area contributed by atoms with Crippen molar-refractivity contribution in [3.8, 4) is 0 Å². The normalized spacial score (nSPS) is 11.5. The SMILES string of the molecule is O=C(CCc1cccc(Cl)c1)C(F)(F)F. The second kappa shape index (κ2) is 4.66. The van der Waals surface area contributed by atoms with Gasteiger partial charge in [0, 0.05) is 11.4 Å². The average molecular weight is 237 g/mol. The fraction of sp³-hybridized carbons (Fsp3) is 0.300. The van der Waals surface area contributed by atoms with Crippen LogP contribution in [0.25, 0.3) is 0 Å². The van der Waals surface area contributed by atoms with E-state index in [1.807, 2.05) is 0 Å². The van der Waals surface area contributed by atoms with Gasteiger partial charge in [0.2, 0.25) is 5.78 Å². The van der Waals surface area contributed by atoms with E-state index in [2.05, 4.69) is 0 Å². The fourth-order valence-corrected chi connectivity index (χ4v) is 1.30. The Morgan fingerprint density at radius 2 is 2.00 bits per heavy atom. The van der Waals surface area contributed by atoms with E-state index in [9.17, 15) is 18.0 Å². The quantitative estimate of drug-likeness (QED) is 0.786. The summed E-state index contributed by atoms with van der Waals surface area (Å²) in [6, 6.07) is 6.44. The number of aryl methyl sites for hydroxylation is 1. The molecule has 0 aliphatic rings. The van der Waals surface area contributed by atoms with Gasteiger partial charge in [-0.2, -0.15) is 13.2 Å². The second-order valence-corrected chi connectivity index (χ2v) is 3.49. The van der Waals surface area contributed by atoms with Gasteiger partial charge < -0.3 is 0 Å². The standard InChI is InChI=1S/C10H8ClF3O/c11-8-3-1-2-7(6-8)4-5-9(15)10(12,13)14/h1-3,6H,4-5H2. The Kier molecular flexibility index (Phi) is 3.74. The molecule has 0 spiro atoms. The Hall–Kier alpha value is -1.03.